The highest BCUT2D eigenvalue weighted by atomic mass is 16.4. The fraction of sp³-hybridized carbons (Fsp3) is 0.263. The number of aromatic hydroxyl groups is 1. The van der Waals surface area contributed by atoms with Crippen molar-refractivity contribution in [1.29, 1.82) is 0 Å². The number of nitrogens with one attached hydrogen (secondary N) is 1. The van der Waals surface area contributed by atoms with Crippen molar-refractivity contribution in [3.05, 3.63) is 59.7 Å². The van der Waals surface area contributed by atoms with E-state index in [-0.39, 0.29) is 30.2 Å². The number of para-hydroxylation sites is 1. The SMILES string of the molecule is Nc1cccc(CC(NC(=O)CCCc2ccccc2)C(=O)O)c1O. The minimum Gasteiger partial charge on any atom is -0.506 e. The molecule has 0 fully saturated rings. The minimum atomic E-state index is -1.15. The third-order valence-electron chi connectivity index (χ3n) is 3.92. The van der Waals surface area contributed by atoms with Crippen molar-refractivity contribution >= 4 is 17.6 Å². The van der Waals surface area contributed by atoms with Crippen LogP contribution in [0.2, 0.25) is 0 Å². The van der Waals surface area contributed by atoms with Crippen molar-refractivity contribution in [2.75, 3.05) is 5.73 Å². The Labute approximate surface area is 146 Å². The minimum absolute atomic E-state index is 0.0311. The van der Waals surface area contributed by atoms with Gasteiger partial charge in [-0.25, -0.2) is 4.79 Å². The molecule has 0 aromatic heterocycles. The van der Waals surface area contributed by atoms with Gasteiger partial charge in [-0.3, -0.25) is 4.79 Å². The number of nitrogens with two attached hydrogens (primary N) is 1. The summed E-state index contributed by atoms with van der Waals surface area (Å²) in [5.74, 6) is -1.63. The van der Waals surface area contributed by atoms with Crippen molar-refractivity contribution in [3.63, 3.8) is 0 Å². The second-order valence-corrected chi connectivity index (χ2v) is 5.86. The fourth-order valence-corrected chi connectivity index (χ4v) is 2.56. The molecule has 0 aliphatic carbocycles. The molecule has 2 aromatic carbocycles. The van der Waals surface area contributed by atoms with E-state index in [0.717, 1.165) is 12.0 Å². The molecule has 0 radical (unpaired) electrons. The number of phenols is 1. The number of carboxylic acids is 1. The number of benzene rings is 2. The molecule has 0 aliphatic heterocycles. The standard InChI is InChI=1S/C19H22N2O4/c20-15-10-5-9-14(18(15)23)12-16(19(24)25)21-17(22)11-4-8-13-6-2-1-3-7-13/h1-3,5-7,9-10,16,23H,4,8,11-12,20H2,(H,21,22)(H,24,25). The van der Waals surface area contributed by atoms with Gasteiger partial charge >= 0.3 is 5.97 Å². The maximum Gasteiger partial charge on any atom is 0.326 e. The molecule has 0 heterocycles. The molecule has 0 bridgehead atoms. The average Bonchev–Trinajstić information content (AvgIpc) is 2.59. The Kier molecular flexibility index (Phi) is 6.39. The largest absolute Gasteiger partial charge is 0.506 e. The Balaban J connectivity index is 1.89. The fourth-order valence-electron chi connectivity index (χ4n) is 2.56. The van der Waals surface area contributed by atoms with E-state index in [0.29, 0.717) is 12.0 Å². The van der Waals surface area contributed by atoms with Crippen molar-refractivity contribution in [3.8, 4) is 5.75 Å². The van der Waals surface area contributed by atoms with E-state index in [2.05, 4.69) is 5.32 Å². The number of hydrogen-bond donors (Lipinski definition) is 4. The Bertz CT molecular complexity index is 731. The molecule has 0 aliphatic rings. The number of carboxylic acid groups (broad SMARTS) is 1. The summed E-state index contributed by atoms with van der Waals surface area (Å²) >= 11 is 0. The summed E-state index contributed by atoms with van der Waals surface area (Å²) in [7, 11) is 0. The first-order valence-corrected chi connectivity index (χ1v) is 8.10. The van der Waals surface area contributed by atoms with E-state index in [4.69, 9.17) is 5.73 Å². The van der Waals surface area contributed by atoms with Crippen LogP contribution in [-0.4, -0.2) is 28.1 Å². The van der Waals surface area contributed by atoms with Crippen LogP contribution in [-0.2, 0) is 22.4 Å². The summed E-state index contributed by atoms with van der Waals surface area (Å²) in [6.07, 6.45) is 1.59. The molecule has 0 spiro atoms. The van der Waals surface area contributed by atoms with Crippen LogP contribution in [0.15, 0.2) is 48.5 Å². The van der Waals surface area contributed by atoms with Gasteiger partial charge in [0.2, 0.25) is 5.91 Å². The molecular weight excluding hydrogens is 320 g/mol. The van der Waals surface area contributed by atoms with Crippen molar-refractivity contribution < 1.29 is 19.8 Å². The number of amides is 1. The average molecular weight is 342 g/mol. The molecule has 0 saturated carbocycles. The van der Waals surface area contributed by atoms with Gasteiger partial charge in [-0.1, -0.05) is 42.5 Å². The van der Waals surface area contributed by atoms with Crippen LogP contribution in [0.4, 0.5) is 5.69 Å². The number of hydrogen-bond acceptors (Lipinski definition) is 4. The molecule has 6 nitrogen and oxygen atoms in total. The lowest BCUT2D eigenvalue weighted by Gasteiger charge is -2.16. The Morgan fingerprint density at radius 2 is 1.80 bits per heavy atom. The van der Waals surface area contributed by atoms with Crippen LogP contribution < -0.4 is 11.1 Å². The lowest BCUT2D eigenvalue weighted by atomic mass is 10.0. The molecule has 0 saturated heterocycles. The summed E-state index contributed by atoms with van der Waals surface area (Å²) < 4.78 is 0. The van der Waals surface area contributed by atoms with E-state index in [1.807, 2.05) is 30.3 Å². The van der Waals surface area contributed by atoms with E-state index >= 15 is 0 Å². The molecule has 25 heavy (non-hydrogen) atoms. The van der Waals surface area contributed by atoms with Gasteiger partial charge in [-0.15, -0.1) is 0 Å². The van der Waals surface area contributed by atoms with Crippen LogP contribution in [0.3, 0.4) is 0 Å². The normalized spacial score (nSPS) is 11.7. The van der Waals surface area contributed by atoms with Crippen molar-refractivity contribution in [2.45, 2.75) is 31.7 Å². The van der Waals surface area contributed by atoms with Gasteiger partial charge in [0.1, 0.15) is 11.8 Å². The first-order chi connectivity index (χ1) is 12.0. The Hall–Kier alpha value is -3.02. The van der Waals surface area contributed by atoms with Crippen LogP contribution in [0.5, 0.6) is 5.75 Å². The van der Waals surface area contributed by atoms with Gasteiger partial charge in [0.05, 0.1) is 5.69 Å². The molecule has 2 rings (SSSR count). The zero-order chi connectivity index (χ0) is 18.2. The van der Waals surface area contributed by atoms with Crippen molar-refractivity contribution in [2.24, 2.45) is 0 Å². The molecular formula is C19H22N2O4. The maximum atomic E-state index is 12.0. The second-order valence-electron chi connectivity index (χ2n) is 5.86. The summed E-state index contributed by atoms with van der Waals surface area (Å²) in [6.45, 7) is 0. The maximum absolute atomic E-state index is 12.0. The molecule has 132 valence electrons. The van der Waals surface area contributed by atoms with Gasteiger partial charge in [-0.05, 0) is 30.0 Å². The highest BCUT2D eigenvalue weighted by Crippen LogP contribution is 2.25. The lowest BCUT2D eigenvalue weighted by molar-refractivity contribution is -0.141. The zero-order valence-corrected chi connectivity index (χ0v) is 13.8. The number of rotatable bonds is 8. The summed E-state index contributed by atoms with van der Waals surface area (Å²) in [4.78, 5) is 23.4. The molecule has 6 heteroatoms. The van der Waals surface area contributed by atoms with E-state index in [9.17, 15) is 19.8 Å². The van der Waals surface area contributed by atoms with Crippen LogP contribution in [0, 0.1) is 0 Å². The van der Waals surface area contributed by atoms with E-state index in [1.165, 1.54) is 6.07 Å². The van der Waals surface area contributed by atoms with Crippen molar-refractivity contribution in [1.82, 2.24) is 5.32 Å². The van der Waals surface area contributed by atoms with Gasteiger partial charge in [-0.2, -0.15) is 0 Å². The van der Waals surface area contributed by atoms with Gasteiger partial charge in [0, 0.05) is 12.8 Å². The highest BCUT2D eigenvalue weighted by Gasteiger charge is 2.22. The number of carbonyl (C=O) groups is 2. The van der Waals surface area contributed by atoms with Gasteiger partial charge < -0.3 is 21.3 Å². The van der Waals surface area contributed by atoms with Crippen LogP contribution in [0.25, 0.3) is 0 Å². The zero-order valence-electron chi connectivity index (χ0n) is 13.8. The monoisotopic (exact) mass is 342 g/mol. The van der Waals surface area contributed by atoms with Gasteiger partial charge in [0.15, 0.2) is 0 Å². The number of anilines is 1. The number of carbonyl (C=O) groups excluding carboxylic acids is 1. The Morgan fingerprint density at radius 3 is 2.48 bits per heavy atom. The number of nitrogen functional groups attached to an aromatic ring is 1. The summed E-state index contributed by atoms with van der Waals surface area (Å²) in [5, 5.41) is 21.7. The molecule has 1 amide bonds. The first kappa shape index (κ1) is 18.3. The Morgan fingerprint density at radius 1 is 1.08 bits per heavy atom. The van der Waals surface area contributed by atoms with E-state index in [1.54, 1.807) is 12.1 Å². The van der Waals surface area contributed by atoms with Crippen LogP contribution in [0.1, 0.15) is 24.0 Å². The quantitative estimate of drug-likeness (QED) is 0.433. The number of aliphatic carboxylic acids is 1. The molecule has 1 atom stereocenters. The first-order valence-electron chi connectivity index (χ1n) is 8.10. The summed E-state index contributed by atoms with van der Waals surface area (Å²) in [5.41, 5.74) is 7.31. The number of aryl methyl sites for hydroxylation is 1. The van der Waals surface area contributed by atoms with E-state index < -0.39 is 12.0 Å². The van der Waals surface area contributed by atoms with Gasteiger partial charge in [0.25, 0.3) is 0 Å². The summed E-state index contributed by atoms with van der Waals surface area (Å²) in [6, 6.07) is 13.4. The predicted molar refractivity (Wildman–Crippen MR) is 95.2 cm³/mol. The second kappa shape index (κ2) is 8.73. The molecule has 2 aromatic rings. The highest BCUT2D eigenvalue weighted by molar-refractivity contribution is 5.83. The number of phenolic OH excluding ortho intramolecular Hbond substituents is 1. The van der Waals surface area contributed by atoms with Crippen LogP contribution >= 0.6 is 0 Å². The molecule has 1 unspecified atom stereocenters. The lowest BCUT2D eigenvalue weighted by Crippen LogP contribution is -2.42. The molecule has 5 N–H and O–H groups in total. The smallest absolute Gasteiger partial charge is 0.326 e. The third-order valence-corrected chi connectivity index (χ3v) is 3.92. The predicted octanol–water partition coefficient (Wildman–Crippen LogP) is 2.11. The topological polar surface area (TPSA) is 113 Å². The third kappa shape index (κ3) is 5.53.